The van der Waals surface area contributed by atoms with Crippen LogP contribution in [0.25, 0.3) is 10.9 Å². The zero-order valence-electron chi connectivity index (χ0n) is 24.0. The molecule has 0 saturated carbocycles. The molecule has 1 heterocycles. The smallest absolute Gasteiger partial charge is 0.191 e. The average molecular weight is 529 g/mol. The summed E-state index contributed by atoms with van der Waals surface area (Å²) in [7, 11) is -0.0871. The molecule has 4 rings (SSSR count). The van der Waals surface area contributed by atoms with Gasteiger partial charge in [0, 0.05) is 43.9 Å². The Hall–Kier alpha value is -2.86. The zero-order chi connectivity index (χ0) is 27.2. The van der Waals surface area contributed by atoms with Crippen molar-refractivity contribution >= 4 is 19.2 Å². The van der Waals surface area contributed by atoms with Gasteiger partial charge in [-0.3, -0.25) is 4.90 Å². The quantitative estimate of drug-likeness (QED) is 0.174. The summed E-state index contributed by atoms with van der Waals surface area (Å²) in [5, 5.41) is 1.35. The number of benzene rings is 3. The number of fused-ring (bicyclic) bond motifs is 1. The van der Waals surface area contributed by atoms with E-state index in [2.05, 4.69) is 128 Å². The highest BCUT2D eigenvalue weighted by molar-refractivity contribution is 6.74. The van der Waals surface area contributed by atoms with Crippen LogP contribution in [0, 0.1) is 0 Å². The summed E-state index contributed by atoms with van der Waals surface area (Å²) in [5.74, 6) is 0.921. The Labute approximate surface area is 230 Å². The van der Waals surface area contributed by atoms with Crippen LogP contribution in [0.5, 0.6) is 5.75 Å². The number of hydrogen-bond acceptors (Lipinski definition) is 3. The Balaban J connectivity index is 1.65. The highest BCUT2D eigenvalue weighted by atomic mass is 28.4. The molecule has 202 valence electrons. The van der Waals surface area contributed by atoms with Gasteiger partial charge in [-0.15, -0.1) is 0 Å². The monoisotopic (exact) mass is 528 g/mol. The van der Waals surface area contributed by atoms with Gasteiger partial charge in [0.15, 0.2) is 8.32 Å². The lowest BCUT2D eigenvalue weighted by Crippen LogP contribution is -2.43. The summed E-state index contributed by atoms with van der Waals surface area (Å²) >= 11 is 0. The summed E-state index contributed by atoms with van der Waals surface area (Å²) in [4.78, 5) is 2.63. The first-order chi connectivity index (χ1) is 18.2. The summed E-state index contributed by atoms with van der Waals surface area (Å²) in [6, 6.07) is 30.4. The molecule has 0 aliphatic heterocycles. The third-order valence-electron chi connectivity index (χ3n) is 8.09. The van der Waals surface area contributed by atoms with E-state index in [-0.39, 0.29) is 5.04 Å². The van der Waals surface area contributed by atoms with Gasteiger partial charge in [-0.05, 0) is 53.9 Å². The number of nitrogens with zero attached hydrogens (tertiary/aromatic N) is 2. The van der Waals surface area contributed by atoms with Crippen molar-refractivity contribution in [2.45, 2.75) is 71.0 Å². The highest BCUT2D eigenvalue weighted by Crippen LogP contribution is 2.37. The van der Waals surface area contributed by atoms with Crippen molar-refractivity contribution in [3.63, 3.8) is 0 Å². The number of methoxy groups -OCH3 is 1. The Morgan fingerprint density at radius 1 is 0.816 bits per heavy atom. The molecule has 0 aliphatic rings. The Bertz CT molecular complexity index is 1240. The first kappa shape index (κ1) is 28.2. The molecule has 4 nitrogen and oxygen atoms in total. The van der Waals surface area contributed by atoms with Crippen LogP contribution in [0.15, 0.2) is 91.1 Å². The van der Waals surface area contributed by atoms with Crippen molar-refractivity contribution in [3.8, 4) is 5.75 Å². The molecule has 1 aromatic heterocycles. The molecule has 4 aromatic rings. The predicted molar refractivity (Wildman–Crippen MR) is 162 cm³/mol. The molecule has 0 amide bonds. The van der Waals surface area contributed by atoms with E-state index >= 15 is 0 Å². The number of aromatic nitrogens is 1. The maximum Gasteiger partial charge on any atom is 0.191 e. The normalized spacial score (nSPS) is 13.2. The fraction of sp³-hybridized carbons (Fsp3) is 0.394. The second-order valence-electron chi connectivity index (χ2n) is 11.8. The van der Waals surface area contributed by atoms with Crippen molar-refractivity contribution in [2.24, 2.45) is 0 Å². The fourth-order valence-electron chi connectivity index (χ4n) is 4.77. The minimum absolute atomic E-state index is 0.198. The first-order valence-corrected chi connectivity index (χ1v) is 16.7. The number of ether oxygens (including phenoxy) is 1. The molecule has 1 atom stereocenters. The van der Waals surface area contributed by atoms with E-state index < -0.39 is 8.32 Å². The lowest BCUT2D eigenvalue weighted by atomic mass is 10.1. The van der Waals surface area contributed by atoms with E-state index in [0.29, 0.717) is 6.04 Å². The third-order valence-corrected chi connectivity index (χ3v) is 12.6. The Morgan fingerprint density at radius 3 is 1.97 bits per heavy atom. The van der Waals surface area contributed by atoms with Crippen LogP contribution >= 0.6 is 0 Å². The lowest BCUT2D eigenvalue weighted by Gasteiger charge is -2.38. The van der Waals surface area contributed by atoms with Gasteiger partial charge < -0.3 is 13.7 Å². The van der Waals surface area contributed by atoms with Crippen LogP contribution in [-0.4, -0.2) is 37.5 Å². The van der Waals surface area contributed by atoms with Gasteiger partial charge in [-0.2, -0.15) is 0 Å². The molecule has 38 heavy (non-hydrogen) atoms. The number of hydrogen-bond donors (Lipinski definition) is 0. The minimum Gasteiger partial charge on any atom is -0.496 e. The fourth-order valence-corrected chi connectivity index (χ4v) is 5.83. The highest BCUT2D eigenvalue weighted by Gasteiger charge is 2.37. The zero-order valence-corrected chi connectivity index (χ0v) is 25.0. The molecule has 0 aliphatic carbocycles. The van der Waals surface area contributed by atoms with Crippen molar-refractivity contribution in [1.29, 1.82) is 0 Å². The molecule has 5 heteroatoms. The second kappa shape index (κ2) is 12.3. The minimum atomic E-state index is -1.83. The van der Waals surface area contributed by atoms with Crippen molar-refractivity contribution < 1.29 is 9.16 Å². The van der Waals surface area contributed by atoms with Gasteiger partial charge in [0.25, 0.3) is 0 Å². The molecule has 0 saturated heterocycles. The van der Waals surface area contributed by atoms with Crippen molar-refractivity contribution in [1.82, 2.24) is 9.47 Å². The summed E-state index contributed by atoms with van der Waals surface area (Å²) in [6.45, 7) is 15.1. The molecular weight excluding hydrogens is 484 g/mol. The Kier molecular flexibility index (Phi) is 9.13. The van der Waals surface area contributed by atoms with Crippen LogP contribution < -0.4 is 4.74 Å². The van der Waals surface area contributed by atoms with Crippen LogP contribution in [0.2, 0.25) is 18.1 Å². The van der Waals surface area contributed by atoms with E-state index in [1.54, 1.807) is 7.11 Å². The maximum absolute atomic E-state index is 6.70. The van der Waals surface area contributed by atoms with E-state index in [0.717, 1.165) is 43.8 Å². The van der Waals surface area contributed by atoms with E-state index in [1.165, 1.54) is 16.6 Å². The molecule has 0 bridgehead atoms. The summed E-state index contributed by atoms with van der Waals surface area (Å²) in [5.41, 5.74) is 3.87. The topological polar surface area (TPSA) is 26.6 Å². The molecule has 0 fully saturated rings. The van der Waals surface area contributed by atoms with E-state index in [1.807, 2.05) is 6.07 Å². The van der Waals surface area contributed by atoms with Crippen molar-refractivity contribution in [3.05, 3.63) is 102 Å². The molecule has 3 aromatic carbocycles. The summed E-state index contributed by atoms with van der Waals surface area (Å²) < 4.78 is 14.7. The van der Waals surface area contributed by atoms with Gasteiger partial charge in [0.1, 0.15) is 5.75 Å². The van der Waals surface area contributed by atoms with Gasteiger partial charge in [-0.25, -0.2) is 0 Å². The van der Waals surface area contributed by atoms with Gasteiger partial charge >= 0.3 is 0 Å². The molecule has 0 N–H and O–H groups in total. The molecule has 0 radical (unpaired) electrons. The molecule has 0 unspecified atom stereocenters. The van der Waals surface area contributed by atoms with E-state index in [9.17, 15) is 0 Å². The standard InChI is InChI=1S/C33H44N2O2Si/c1-33(2,3)38(5,6)37-23-21-29(26-34-22-20-30-31(34)18-13-19-32(30)36-4)35(24-27-14-9-7-10-15-27)25-28-16-11-8-12-17-28/h7-20,22,29H,21,23-26H2,1-6H3/t29-/m0/s1. The van der Waals surface area contributed by atoms with Gasteiger partial charge in [0.05, 0.1) is 12.6 Å². The third kappa shape index (κ3) is 6.96. The van der Waals surface area contributed by atoms with Crippen LogP contribution in [-0.2, 0) is 24.1 Å². The van der Waals surface area contributed by atoms with Crippen LogP contribution in [0.3, 0.4) is 0 Å². The second-order valence-corrected chi connectivity index (χ2v) is 16.6. The molecular formula is C33H44N2O2Si. The number of rotatable bonds is 12. The summed E-state index contributed by atoms with van der Waals surface area (Å²) in [6.07, 6.45) is 3.17. The van der Waals surface area contributed by atoms with Crippen molar-refractivity contribution in [2.75, 3.05) is 13.7 Å². The van der Waals surface area contributed by atoms with Crippen LogP contribution in [0.1, 0.15) is 38.3 Å². The molecule has 0 spiro atoms. The van der Waals surface area contributed by atoms with Gasteiger partial charge in [0.2, 0.25) is 0 Å². The SMILES string of the molecule is COc1cccc2c1ccn2C[C@H](CCO[Si](C)(C)C(C)(C)C)N(Cc1ccccc1)Cc1ccccc1. The Morgan fingerprint density at radius 2 is 1.42 bits per heavy atom. The predicted octanol–water partition coefficient (Wildman–Crippen LogP) is 8.13. The average Bonchev–Trinajstić information content (AvgIpc) is 3.31. The van der Waals surface area contributed by atoms with E-state index in [4.69, 9.17) is 9.16 Å². The first-order valence-electron chi connectivity index (χ1n) is 13.8. The van der Waals surface area contributed by atoms with Crippen LogP contribution in [0.4, 0.5) is 0 Å². The lowest BCUT2D eigenvalue weighted by molar-refractivity contribution is 0.130. The maximum atomic E-state index is 6.70. The largest absolute Gasteiger partial charge is 0.496 e. The van der Waals surface area contributed by atoms with Gasteiger partial charge in [-0.1, -0.05) is 87.5 Å².